The lowest BCUT2D eigenvalue weighted by molar-refractivity contribution is 0.171. The molecule has 2 aromatic rings. The molecule has 0 radical (unpaired) electrons. The second-order valence-corrected chi connectivity index (χ2v) is 5.06. The normalized spacial score (nSPS) is 12.8. The van der Waals surface area contributed by atoms with Gasteiger partial charge in [0.2, 0.25) is 0 Å². The fraction of sp³-hybridized carbons (Fsp3) is 0.533. The van der Waals surface area contributed by atoms with Gasteiger partial charge >= 0.3 is 0 Å². The van der Waals surface area contributed by atoms with Crippen molar-refractivity contribution < 1.29 is 5.11 Å². The van der Waals surface area contributed by atoms with Gasteiger partial charge in [-0.25, -0.2) is 0 Å². The molecule has 20 heavy (non-hydrogen) atoms. The molecular weight excluding hydrogens is 252 g/mol. The Morgan fingerprint density at radius 2 is 1.95 bits per heavy atom. The molecule has 0 fully saturated rings. The van der Waals surface area contributed by atoms with Crippen LogP contribution in [0, 0.1) is 6.92 Å². The molecule has 2 rings (SSSR count). The highest BCUT2D eigenvalue weighted by Crippen LogP contribution is 2.18. The van der Waals surface area contributed by atoms with E-state index >= 15 is 0 Å². The highest BCUT2D eigenvalue weighted by molar-refractivity contribution is 5.09. The van der Waals surface area contributed by atoms with Gasteiger partial charge in [0.25, 0.3) is 0 Å². The lowest BCUT2D eigenvalue weighted by Crippen LogP contribution is -2.09. The molecule has 0 aliphatic carbocycles. The molecule has 0 aliphatic heterocycles. The minimum Gasteiger partial charge on any atom is -0.386 e. The first-order valence-corrected chi connectivity index (χ1v) is 7.14. The van der Waals surface area contributed by atoms with E-state index in [1.165, 1.54) is 0 Å². The number of rotatable bonds is 6. The van der Waals surface area contributed by atoms with E-state index in [1.807, 2.05) is 23.9 Å². The fourth-order valence-corrected chi connectivity index (χ4v) is 2.23. The summed E-state index contributed by atoms with van der Waals surface area (Å²) in [5, 5.41) is 14.7. The number of nitrogens with zero attached hydrogens (tertiary/aromatic N) is 4. The minimum atomic E-state index is -0.659. The third kappa shape index (κ3) is 3.42. The Balaban J connectivity index is 2.04. The van der Waals surface area contributed by atoms with E-state index in [9.17, 15) is 5.11 Å². The summed E-state index contributed by atoms with van der Waals surface area (Å²) in [5.41, 5.74) is 2.32. The summed E-state index contributed by atoms with van der Waals surface area (Å²) >= 11 is 0. The lowest BCUT2D eigenvalue weighted by atomic mass is 10.1. The summed E-state index contributed by atoms with van der Waals surface area (Å²) in [6.45, 7) is 6.19. The van der Waals surface area contributed by atoms with Crippen molar-refractivity contribution in [1.82, 2.24) is 19.7 Å². The van der Waals surface area contributed by atoms with Crippen molar-refractivity contribution in [3.8, 4) is 0 Å². The third-order valence-electron chi connectivity index (χ3n) is 3.52. The number of hydrogen-bond acceptors (Lipinski definition) is 4. The largest absolute Gasteiger partial charge is 0.386 e. The maximum Gasteiger partial charge on any atom is 0.103 e. The van der Waals surface area contributed by atoms with Gasteiger partial charge < -0.3 is 5.11 Å². The molecule has 1 N–H and O–H groups in total. The van der Waals surface area contributed by atoms with E-state index < -0.39 is 6.10 Å². The Bertz CT molecular complexity index is 531. The number of aromatic nitrogens is 4. The molecule has 5 heteroatoms. The molecule has 108 valence electrons. The maximum atomic E-state index is 10.2. The van der Waals surface area contributed by atoms with E-state index in [2.05, 4.69) is 28.9 Å². The van der Waals surface area contributed by atoms with E-state index in [4.69, 9.17) is 0 Å². The van der Waals surface area contributed by atoms with Crippen molar-refractivity contribution in [3.63, 3.8) is 0 Å². The first kappa shape index (κ1) is 14.7. The molecule has 0 aromatic carbocycles. The molecule has 0 saturated heterocycles. The topological polar surface area (TPSA) is 63.8 Å². The van der Waals surface area contributed by atoms with Gasteiger partial charge in [0.15, 0.2) is 0 Å². The predicted molar refractivity (Wildman–Crippen MR) is 77.3 cm³/mol. The van der Waals surface area contributed by atoms with Gasteiger partial charge in [0.05, 0.1) is 29.3 Å². The van der Waals surface area contributed by atoms with Crippen molar-refractivity contribution in [2.45, 2.75) is 52.2 Å². The van der Waals surface area contributed by atoms with Crippen LogP contribution < -0.4 is 0 Å². The summed E-state index contributed by atoms with van der Waals surface area (Å²) in [6.07, 6.45) is 7.20. The van der Waals surface area contributed by atoms with Crippen LogP contribution in [0.25, 0.3) is 0 Å². The van der Waals surface area contributed by atoms with E-state index in [-0.39, 0.29) is 0 Å². The summed E-state index contributed by atoms with van der Waals surface area (Å²) in [5.74, 6) is 0. The first-order valence-electron chi connectivity index (χ1n) is 7.14. The monoisotopic (exact) mass is 274 g/mol. The van der Waals surface area contributed by atoms with Crippen LogP contribution in [-0.4, -0.2) is 24.9 Å². The van der Waals surface area contributed by atoms with Crippen LogP contribution in [0.1, 0.15) is 55.9 Å². The Kier molecular flexibility index (Phi) is 4.84. The molecular formula is C15H22N4O. The molecule has 1 atom stereocenters. The van der Waals surface area contributed by atoms with E-state index in [0.29, 0.717) is 18.2 Å². The average molecular weight is 274 g/mol. The van der Waals surface area contributed by atoms with Crippen molar-refractivity contribution in [3.05, 3.63) is 41.7 Å². The second kappa shape index (κ2) is 6.61. The standard InChI is InChI=1S/C15H22N4O/c1-4-13(5-2)19-7-6-12(18-19)8-15(20)14-10-16-11(3)9-17-14/h6-7,9-10,13,15,20H,4-5,8H2,1-3H3. The van der Waals surface area contributed by atoms with Gasteiger partial charge in [0.1, 0.15) is 6.10 Å². The first-order chi connectivity index (χ1) is 9.63. The summed E-state index contributed by atoms with van der Waals surface area (Å²) in [7, 11) is 0. The van der Waals surface area contributed by atoms with Gasteiger partial charge in [-0.1, -0.05) is 13.8 Å². The molecule has 1 unspecified atom stereocenters. The Morgan fingerprint density at radius 3 is 2.55 bits per heavy atom. The zero-order chi connectivity index (χ0) is 14.5. The summed E-state index contributed by atoms with van der Waals surface area (Å²) in [4.78, 5) is 8.36. The van der Waals surface area contributed by atoms with Gasteiger partial charge in [-0.2, -0.15) is 5.10 Å². The second-order valence-electron chi connectivity index (χ2n) is 5.06. The van der Waals surface area contributed by atoms with Crippen LogP contribution in [0.3, 0.4) is 0 Å². The van der Waals surface area contributed by atoms with Crippen LogP contribution in [-0.2, 0) is 6.42 Å². The summed E-state index contributed by atoms with van der Waals surface area (Å²) in [6, 6.07) is 2.39. The smallest absolute Gasteiger partial charge is 0.103 e. The van der Waals surface area contributed by atoms with Crippen molar-refractivity contribution in [2.75, 3.05) is 0 Å². The van der Waals surface area contributed by atoms with Gasteiger partial charge in [-0.15, -0.1) is 0 Å². The lowest BCUT2D eigenvalue weighted by Gasteiger charge is -2.12. The van der Waals surface area contributed by atoms with Gasteiger partial charge in [0, 0.05) is 18.8 Å². The van der Waals surface area contributed by atoms with E-state index in [0.717, 1.165) is 24.2 Å². The highest BCUT2D eigenvalue weighted by atomic mass is 16.3. The zero-order valence-electron chi connectivity index (χ0n) is 12.3. The van der Waals surface area contributed by atoms with Crippen molar-refractivity contribution in [1.29, 1.82) is 0 Å². The molecule has 0 saturated carbocycles. The minimum absolute atomic E-state index is 0.431. The number of aliphatic hydroxyl groups is 1. The van der Waals surface area contributed by atoms with Crippen LogP contribution in [0.2, 0.25) is 0 Å². The third-order valence-corrected chi connectivity index (χ3v) is 3.52. The van der Waals surface area contributed by atoms with Gasteiger partial charge in [-0.05, 0) is 25.8 Å². The molecule has 5 nitrogen and oxygen atoms in total. The number of hydrogen-bond donors (Lipinski definition) is 1. The number of aryl methyl sites for hydroxylation is 1. The molecule has 0 spiro atoms. The quantitative estimate of drug-likeness (QED) is 0.879. The van der Waals surface area contributed by atoms with Crippen molar-refractivity contribution in [2.24, 2.45) is 0 Å². The molecule has 0 bridgehead atoms. The van der Waals surface area contributed by atoms with Crippen LogP contribution >= 0.6 is 0 Å². The van der Waals surface area contributed by atoms with Crippen molar-refractivity contribution >= 4 is 0 Å². The molecule has 2 heterocycles. The Morgan fingerprint density at radius 1 is 1.20 bits per heavy atom. The number of aliphatic hydroxyl groups excluding tert-OH is 1. The van der Waals surface area contributed by atoms with Crippen LogP contribution in [0.15, 0.2) is 24.7 Å². The SMILES string of the molecule is CCC(CC)n1ccc(CC(O)c2cnc(C)cn2)n1. The molecule has 2 aromatic heterocycles. The Labute approximate surface area is 119 Å². The molecule has 0 aliphatic rings. The van der Waals surface area contributed by atoms with Crippen LogP contribution in [0.5, 0.6) is 0 Å². The maximum absolute atomic E-state index is 10.2. The Hall–Kier alpha value is -1.75. The average Bonchev–Trinajstić information content (AvgIpc) is 2.89. The predicted octanol–water partition coefficient (Wildman–Crippen LogP) is 2.62. The van der Waals surface area contributed by atoms with E-state index in [1.54, 1.807) is 12.4 Å². The highest BCUT2D eigenvalue weighted by Gasteiger charge is 2.14. The summed E-state index contributed by atoms with van der Waals surface area (Å²) < 4.78 is 1.99. The fourth-order valence-electron chi connectivity index (χ4n) is 2.23. The van der Waals surface area contributed by atoms with Crippen LogP contribution in [0.4, 0.5) is 0 Å². The van der Waals surface area contributed by atoms with Gasteiger partial charge in [-0.3, -0.25) is 14.6 Å². The zero-order valence-corrected chi connectivity index (χ0v) is 12.3. The molecule has 0 amide bonds.